The average molecular weight is 504 g/mol. The zero-order valence-electron chi connectivity index (χ0n) is 21.4. The first-order chi connectivity index (χ1) is 16.5. The van der Waals surface area contributed by atoms with E-state index in [1.807, 2.05) is 39.0 Å². The van der Waals surface area contributed by atoms with E-state index in [0.717, 1.165) is 34.5 Å². The summed E-state index contributed by atoms with van der Waals surface area (Å²) in [4.78, 5) is 27.9. The Morgan fingerprint density at radius 3 is 2.23 bits per heavy atom. The number of hydrogen-bond acceptors (Lipinski definition) is 5. The van der Waals surface area contributed by atoms with Crippen LogP contribution in [0.1, 0.15) is 45.2 Å². The summed E-state index contributed by atoms with van der Waals surface area (Å²) in [5, 5.41) is 2.91. The second-order valence-corrected chi connectivity index (χ2v) is 10.6. The first kappa shape index (κ1) is 28.2. The third-order valence-electron chi connectivity index (χ3n) is 5.97. The highest BCUT2D eigenvalue weighted by Gasteiger charge is 2.30. The lowest BCUT2D eigenvalue weighted by molar-refractivity contribution is -0.139. The first-order valence-electron chi connectivity index (χ1n) is 11.8. The molecule has 2 aromatic rings. The maximum Gasteiger partial charge on any atom is 0.244 e. The summed E-state index contributed by atoms with van der Waals surface area (Å²) in [6.07, 6.45) is 2.63. The summed E-state index contributed by atoms with van der Waals surface area (Å²) in [5.41, 5.74) is 2.22. The van der Waals surface area contributed by atoms with Crippen molar-refractivity contribution in [2.45, 2.75) is 59.2 Å². The molecular formula is C26H37N3O5S. The summed E-state index contributed by atoms with van der Waals surface area (Å²) < 4.78 is 31.6. The van der Waals surface area contributed by atoms with Gasteiger partial charge in [0.05, 0.1) is 19.1 Å². The highest BCUT2D eigenvalue weighted by atomic mass is 32.2. The molecule has 0 saturated heterocycles. The van der Waals surface area contributed by atoms with E-state index in [0.29, 0.717) is 11.4 Å². The molecule has 0 radical (unpaired) electrons. The number of sulfonamides is 1. The number of rotatable bonds is 12. The van der Waals surface area contributed by atoms with Crippen LogP contribution < -0.4 is 14.4 Å². The zero-order chi connectivity index (χ0) is 26.2. The molecule has 0 saturated carbocycles. The normalized spacial score (nSPS) is 13.0. The van der Waals surface area contributed by atoms with Crippen molar-refractivity contribution in [2.24, 2.45) is 0 Å². The highest BCUT2D eigenvalue weighted by molar-refractivity contribution is 7.92. The van der Waals surface area contributed by atoms with Crippen molar-refractivity contribution in [3.63, 3.8) is 0 Å². The molecule has 192 valence electrons. The monoisotopic (exact) mass is 503 g/mol. The van der Waals surface area contributed by atoms with Crippen LogP contribution >= 0.6 is 0 Å². The van der Waals surface area contributed by atoms with Crippen molar-refractivity contribution in [3.05, 3.63) is 59.7 Å². The number of carbonyl (C=O) groups is 2. The molecule has 2 amide bonds. The van der Waals surface area contributed by atoms with Crippen molar-refractivity contribution in [2.75, 3.05) is 24.2 Å². The molecule has 0 spiro atoms. The predicted molar refractivity (Wildman–Crippen MR) is 139 cm³/mol. The van der Waals surface area contributed by atoms with Gasteiger partial charge in [0, 0.05) is 12.6 Å². The molecule has 0 fully saturated rings. The van der Waals surface area contributed by atoms with Crippen LogP contribution in [0, 0.1) is 0 Å². The van der Waals surface area contributed by atoms with Crippen molar-refractivity contribution in [1.82, 2.24) is 10.2 Å². The molecule has 0 aliphatic carbocycles. The Hall–Kier alpha value is -3.07. The molecule has 9 heteroatoms. The lowest BCUT2D eigenvalue weighted by atomic mass is 10.1. The Kier molecular flexibility index (Phi) is 10.1. The number of benzene rings is 2. The summed E-state index contributed by atoms with van der Waals surface area (Å²) in [6, 6.07) is 13.4. The molecule has 2 unspecified atom stereocenters. The number of anilines is 1. The molecule has 0 aliphatic heterocycles. The van der Waals surface area contributed by atoms with Gasteiger partial charge in [0.2, 0.25) is 21.8 Å². The average Bonchev–Trinajstić information content (AvgIpc) is 2.84. The van der Waals surface area contributed by atoms with E-state index < -0.39 is 28.5 Å². The lowest BCUT2D eigenvalue weighted by Crippen LogP contribution is -2.52. The van der Waals surface area contributed by atoms with E-state index >= 15 is 0 Å². The smallest absolute Gasteiger partial charge is 0.244 e. The van der Waals surface area contributed by atoms with Crippen LogP contribution in [0.15, 0.2) is 48.5 Å². The van der Waals surface area contributed by atoms with Gasteiger partial charge in [0.15, 0.2) is 0 Å². The van der Waals surface area contributed by atoms with Gasteiger partial charge < -0.3 is 15.0 Å². The molecule has 0 heterocycles. The Balaban J connectivity index is 2.39. The van der Waals surface area contributed by atoms with E-state index in [9.17, 15) is 18.0 Å². The molecule has 35 heavy (non-hydrogen) atoms. The minimum absolute atomic E-state index is 0.0525. The standard InChI is InChI=1S/C26H37N3O5S/c1-7-19(3)27-26(31)20(4)28(17-22-10-9-11-24(16-22)34-5)25(30)18-29(35(6,32)33)23-14-12-21(8-2)13-15-23/h9-16,19-20H,7-8,17-18H2,1-6H3,(H,27,31). The van der Waals surface area contributed by atoms with Crippen LogP contribution in [0.4, 0.5) is 5.69 Å². The van der Waals surface area contributed by atoms with Gasteiger partial charge in [0.25, 0.3) is 0 Å². The van der Waals surface area contributed by atoms with Gasteiger partial charge in [-0.05, 0) is 62.1 Å². The quantitative estimate of drug-likeness (QED) is 0.479. The second-order valence-electron chi connectivity index (χ2n) is 8.66. The summed E-state index contributed by atoms with van der Waals surface area (Å²) in [5.74, 6) is -0.154. The van der Waals surface area contributed by atoms with Gasteiger partial charge in [-0.1, -0.05) is 38.1 Å². The molecule has 2 aromatic carbocycles. The van der Waals surface area contributed by atoms with Crippen LogP contribution in [0.3, 0.4) is 0 Å². The number of nitrogens with one attached hydrogen (secondary N) is 1. The van der Waals surface area contributed by atoms with Crippen LogP contribution in [-0.2, 0) is 32.6 Å². The van der Waals surface area contributed by atoms with E-state index in [2.05, 4.69) is 5.32 Å². The highest BCUT2D eigenvalue weighted by Crippen LogP contribution is 2.21. The number of aryl methyl sites for hydroxylation is 1. The number of nitrogens with zero attached hydrogens (tertiary/aromatic N) is 2. The molecule has 0 aliphatic rings. The molecule has 0 bridgehead atoms. The minimum Gasteiger partial charge on any atom is -0.497 e. The fourth-order valence-electron chi connectivity index (χ4n) is 3.53. The van der Waals surface area contributed by atoms with Gasteiger partial charge >= 0.3 is 0 Å². The summed E-state index contributed by atoms with van der Waals surface area (Å²) in [6.45, 7) is 7.21. The fraction of sp³-hybridized carbons (Fsp3) is 0.462. The van der Waals surface area contributed by atoms with Crippen molar-refractivity contribution in [1.29, 1.82) is 0 Å². The topological polar surface area (TPSA) is 96.0 Å². The van der Waals surface area contributed by atoms with Gasteiger partial charge in [-0.25, -0.2) is 8.42 Å². The van der Waals surface area contributed by atoms with Gasteiger partial charge in [-0.15, -0.1) is 0 Å². The Labute approximate surface area is 209 Å². The maximum atomic E-state index is 13.6. The van der Waals surface area contributed by atoms with Gasteiger partial charge in [-0.2, -0.15) is 0 Å². The Morgan fingerprint density at radius 2 is 1.69 bits per heavy atom. The van der Waals surface area contributed by atoms with E-state index in [-0.39, 0.29) is 18.5 Å². The fourth-order valence-corrected chi connectivity index (χ4v) is 4.38. The van der Waals surface area contributed by atoms with Crippen molar-refractivity contribution >= 4 is 27.5 Å². The number of carbonyl (C=O) groups excluding carboxylic acids is 2. The van der Waals surface area contributed by atoms with Crippen molar-refractivity contribution in [3.8, 4) is 5.75 Å². The van der Waals surface area contributed by atoms with Crippen molar-refractivity contribution < 1.29 is 22.7 Å². The van der Waals surface area contributed by atoms with E-state index in [1.165, 1.54) is 4.90 Å². The van der Waals surface area contributed by atoms with Crippen LogP contribution in [0.5, 0.6) is 5.75 Å². The molecule has 0 aromatic heterocycles. The molecule has 2 atom stereocenters. The lowest BCUT2D eigenvalue weighted by Gasteiger charge is -2.32. The Morgan fingerprint density at radius 1 is 1.03 bits per heavy atom. The third-order valence-corrected chi connectivity index (χ3v) is 7.11. The minimum atomic E-state index is -3.75. The summed E-state index contributed by atoms with van der Waals surface area (Å²) in [7, 11) is -2.20. The van der Waals surface area contributed by atoms with E-state index in [1.54, 1.807) is 44.4 Å². The maximum absolute atomic E-state index is 13.6. The third kappa shape index (κ3) is 7.99. The number of hydrogen-bond donors (Lipinski definition) is 1. The zero-order valence-corrected chi connectivity index (χ0v) is 22.3. The Bertz CT molecular complexity index is 1100. The molecular weight excluding hydrogens is 466 g/mol. The van der Waals surface area contributed by atoms with Crippen LogP contribution in [0.2, 0.25) is 0 Å². The SMILES string of the molecule is CCc1ccc(N(CC(=O)N(Cc2cccc(OC)c2)C(C)C(=O)NC(C)CC)S(C)(=O)=O)cc1. The number of methoxy groups -OCH3 is 1. The molecule has 1 N–H and O–H groups in total. The first-order valence-corrected chi connectivity index (χ1v) is 13.6. The van der Waals surface area contributed by atoms with Gasteiger partial charge in [0.1, 0.15) is 18.3 Å². The number of amides is 2. The van der Waals surface area contributed by atoms with Crippen LogP contribution in [0.25, 0.3) is 0 Å². The van der Waals surface area contributed by atoms with Crippen LogP contribution in [-0.4, -0.2) is 57.1 Å². The molecule has 8 nitrogen and oxygen atoms in total. The summed E-state index contributed by atoms with van der Waals surface area (Å²) >= 11 is 0. The molecule has 2 rings (SSSR count). The largest absolute Gasteiger partial charge is 0.497 e. The van der Waals surface area contributed by atoms with E-state index in [4.69, 9.17) is 4.74 Å². The predicted octanol–water partition coefficient (Wildman–Crippen LogP) is 3.36. The van der Waals surface area contributed by atoms with Gasteiger partial charge in [-0.3, -0.25) is 13.9 Å². The second kappa shape index (κ2) is 12.6. The number of ether oxygens (including phenoxy) is 1.